The molecule has 4 nitrogen and oxygen atoms in total. The Bertz CT molecular complexity index is 537. The molecule has 2 heterocycles. The van der Waals surface area contributed by atoms with Gasteiger partial charge in [-0.2, -0.15) is 0 Å². The van der Waals surface area contributed by atoms with Crippen molar-refractivity contribution in [2.24, 2.45) is 11.7 Å². The van der Waals surface area contributed by atoms with Crippen LogP contribution in [0, 0.1) is 5.92 Å². The van der Waals surface area contributed by atoms with E-state index in [1.165, 1.54) is 5.56 Å². The van der Waals surface area contributed by atoms with Crippen molar-refractivity contribution in [2.75, 3.05) is 26.2 Å². The summed E-state index contributed by atoms with van der Waals surface area (Å²) in [7, 11) is 0. The van der Waals surface area contributed by atoms with E-state index in [4.69, 9.17) is 5.73 Å². The van der Waals surface area contributed by atoms with E-state index >= 15 is 0 Å². The predicted octanol–water partition coefficient (Wildman–Crippen LogP) is 2.48. The maximum Gasteiger partial charge on any atom is 0.240 e. The van der Waals surface area contributed by atoms with E-state index in [0.717, 1.165) is 32.5 Å². The zero-order valence-electron chi connectivity index (χ0n) is 14.7. The number of carbonyl (C=O) groups is 1. The highest BCUT2D eigenvalue weighted by molar-refractivity contribution is 5.85. The van der Waals surface area contributed by atoms with Crippen LogP contribution in [0.2, 0.25) is 0 Å². The van der Waals surface area contributed by atoms with E-state index in [9.17, 15) is 4.79 Å². The Morgan fingerprint density at radius 2 is 1.92 bits per heavy atom. The summed E-state index contributed by atoms with van der Waals surface area (Å²) in [5.74, 6) is 1.21. The lowest BCUT2D eigenvalue weighted by Crippen LogP contribution is -2.53. The van der Waals surface area contributed by atoms with E-state index in [1.54, 1.807) is 0 Å². The van der Waals surface area contributed by atoms with E-state index in [2.05, 4.69) is 49.1 Å². The smallest absolute Gasteiger partial charge is 0.240 e. The lowest BCUT2D eigenvalue weighted by molar-refractivity contribution is -0.141. The van der Waals surface area contributed by atoms with Crippen LogP contribution in [-0.4, -0.2) is 54.0 Å². The van der Waals surface area contributed by atoms with Crippen LogP contribution in [-0.2, 0) is 4.79 Å². The maximum absolute atomic E-state index is 12.8. The second kappa shape index (κ2) is 8.32. The minimum atomic E-state index is 0. The number of rotatable bonds is 4. The molecule has 3 atom stereocenters. The van der Waals surface area contributed by atoms with Crippen molar-refractivity contribution in [3.63, 3.8) is 0 Å². The van der Waals surface area contributed by atoms with Gasteiger partial charge in [-0.05, 0) is 44.7 Å². The summed E-state index contributed by atoms with van der Waals surface area (Å²) < 4.78 is 0. The Morgan fingerprint density at radius 1 is 1.21 bits per heavy atom. The molecule has 0 spiro atoms. The van der Waals surface area contributed by atoms with E-state index in [-0.39, 0.29) is 18.4 Å². The van der Waals surface area contributed by atoms with Gasteiger partial charge >= 0.3 is 0 Å². The second-order valence-corrected chi connectivity index (χ2v) is 7.25. The molecule has 2 fully saturated rings. The highest BCUT2D eigenvalue weighted by atomic mass is 35.5. The van der Waals surface area contributed by atoms with Crippen LogP contribution in [0.4, 0.5) is 0 Å². The van der Waals surface area contributed by atoms with Gasteiger partial charge in [0.1, 0.15) is 0 Å². The van der Waals surface area contributed by atoms with Gasteiger partial charge in [0.25, 0.3) is 0 Å². The number of piperidine rings is 1. The Hall–Kier alpha value is -1.10. The Kier molecular flexibility index (Phi) is 6.67. The molecule has 1 unspecified atom stereocenters. The molecule has 0 aromatic heterocycles. The van der Waals surface area contributed by atoms with Gasteiger partial charge < -0.3 is 10.6 Å². The van der Waals surface area contributed by atoms with Crippen LogP contribution in [0.25, 0.3) is 0 Å². The number of benzene rings is 1. The monoisotopic (exact) mass is 351 g/mol. The van der Waals surface area contributed by atoms with Crippen molar-refractivity contribution in [1.82, 2.24) is 9.80 Å². The van der Waals surface area contributed by atoms with Gasteiger partial charge in [-0.15, -0.1) is 12.4 Å². The Labute approximate surface area is 151 Å². The summed E-state index contributed by atoms with van der Waals surface area (Å²) in [6.07, 6.45) is 2.09. The molecular weight excluding hydrogens is 322 g/mol. The van der Waals surface area contributed by atoms with Gasteiger partial charge in [0.05, 0.1) is 6.04 Å². The topological polar surface area (TPSA) is 49.6 Å². The van der Waals surface area contributed by atoms with E-state index < -0.39 is 0 Å². The summed E-state index contributed by atoms with van der Waals surface area (Å²) >= 11 is 0. The van der Waals surface area contributed by atoms with Crippen molar-refractivity contribution in [3.8, 4) is 0 Å². The molecule has 1 aromatic carbocycles. The van der Waals surface area contributed by atoms with Crippen LogP contribution in [0.15, 0.2) is 30.3 Å². The lowest BCUT2D eigenvalue weighted by Gasteiger charge is -2.39. The van der Waals surface area contributed by atoms with Crippen LogP contribution in [0.3, 0.4) is 0 Å². The molecule has 2 saturated heterocycles. The summed E-state index contributed by atoms with van der Waals surface area (Å²) in [5, 5.41) is 0. The number of nitrogens with two attached hydrogens (primary N) is 1. The standard InChI is InChI=1S/C19H29N3O.ClH/c1-14(2)22-10-6-9-18(19(22)23)21-12-16(11-20)17(13-21)15-7-4-3-5-8-15;/h3-5,7-8,14,16-18H,6,9-13,20H2,1-2H3;1H/t16-,17+,18?;/m1./s1. The number of halogens is 1. The molecular formula is C19H30ClN3O. The minimum Gasteiger partial charge on any atom is -0.339 e. The molecule has 2 aliphatic rings. The second-order valence-electron chi connectivity index (χ2n) is 7.25. The van der Waals surface area contributed by atoms with Gasteiger partial charge in [-0.3, -0.25) is 9.69 Å². The van der Waals surface area contributed by atoms with Crippen molar-refractivity contribution < 1.29 is 4.79 Å². The fraction of sp³-hybridized carbons (Fsp3) is 0.632. The van der Waals surface area contributed by atoms with Crippen LogP contribution < -0.4 is 5.73 Å². The normalized spacial score (nSPS) is 28.2. The first kappa shape index (κ1) is 19.2. The average Bonchev–Trinajstić information content (AvgIpc) is 2.99. The molecule has 1 amide bonds. The van der Waals surface area contributed by atoms with E-state index in [1.807, 2.05) is 4.90 Å². The molecule has 0 bridgehead atoms. The molecule has 0 aliphatic carbocycles. The summed E-state index contributed by atoms with van der Waals surface area (Å²) in [4.78, 5) is 17.3. The van der Waals surface area contributed by atoms with Crippen molar-refractivity contribution in [1.29, 1.82) is 0 Å². The van der Waals surface area contributed by atoms with Crippen molar-refractivity contribution >= 4 is 18.3 Å². The predicted molar refractivity (Wildman–Crippen MR) is 100 cm³/mol. The number of carbonyl (C=O) groups excluding carboxylic acids is 1. The first-order chi connectivity index (χ1) is 11.1. The first-order valence-corrected chi connectivity index (χ1v) is 8.91. The van der Waals surface area contributed by atoms with Gasteiger partial charge in [0.15, 0.2) is 0 Å². The molecule has 24 heavy (non-hydrogen) atoms. The highest BCUT2D eigenvalue weighted by Crippen LogP contribution is 2.35. The van der Waals surface area contributed by atoms with Crippen molar-refractivity contribution in [2.45, 2.75) is 44.7 Å². The Morgan fingerprint density at radius 3 is 2.54 bits per heavy atom. The summed E-state index contributed by atoms with van der Waals surface area (Å²) in [6, 6.07) is 11.0. The number of hydrogen-bond donors (Lipinski definition) is 1. The zero-order chi connectivity index (χ0) is 16.4. The third-order valence-electron chi connectivity index (χ3n) is 5.51. The largest absolute Gasteiger partial charge is 0.339 e. The van der Waals surface area contributed by atoms with Crippen LogP contribution in [0.1, 0.15) is 38.2 Å². The lowest BCUT2D eigenvalue weighted by atomic mass is 9.89. The molecule has 0 radical (unpaired) electrons. The third kappa shape index (κ3) is 3.76. The number of nitrogens with zero attached hydrogens (tertiary/aromatic N) is 2. The average molecular weight is 352 g/mol. The van der Waals surface area contributed by atoms with Gasteiger partial charge in [0, 0.05) is 31.6 Å². The quantitative estimate of drug-likeness (QED) is 0.906. The molecule has 5 heteroatoms. The highest BCUT2D eigenvalue weighted by Gasteiger charge is 2.41. The first-order valence-electron chi connectivity index (χ1n) is 8.91. The molecule has 3 rings (SSSR count). The number of hydrogen-bond acceptors (Lipinski definition) is 3. The molecule has 134 valence electrons. The SMILES string of the molecule is CC(C)N1CCCC(N2C[C@@H](CN)[C@H](c3ccccc3)C2)C1=O.Cl. The fourth-order valence-corrected chi connectivity index (χ4v) is 4.21. The minimum absolute atomic E-state index is 0. The van der Waals surface area contributed by atoms with Crippen molar-refractivity contribution in [3.05, 3.63) is 35.9 Å². The van der Waals surface area contributed by atoms with Crippen LogP contribution >= 0.6 is 12.4 Å². The Balaban J connectivity index is 0.00000208. The van der Waals surface area contributed by atoms with Gasteiger partial charge in [-0.1, -0.05) is 30.3 Å². The number of amides is 1. The summed E-state index contributed by atoms with van der Waals surface area (Å²) in [6.45, 7) is 7.71. The van der Waals surface area contributed by atoms with E-state index in [0.29, 0.717) is 30.3 Å². The zero-order valence-corrected chi connectivity index (χ0v) is 15.5. The number of likely N-dealkylation sites (tertiary alicyclic amines) is 2. The van der Waals surface area contributed by atoms with Gasteiger partial charge in [0.2, 0.25) is 5.91 Å². The summed E-state index contributed by atoms with van der Waals surface area (Å²) in [5.41, 5.74) is 7.40. The molecule has 0 saturated carbocycles. The van der Waals surface area contributed by atoms with Crippen LogP contribution in [0.5, 0.6) is 0 Å². The maximum atomic E-state index is 12.8. The molecule has 1 aromatic rings. The third-order valence-corrected chi connectivity index (χ3v) is 5.51. The fourth-order valence-electron chi connectivity index (χ4n) is 4.21. The molecule has 2 aliphatic heterocycles. The molecule has 2 N–H and O–H groups in total. The van der Waals surface area contributed by atoms with Gasteiger partial charge in [-0.25, -0.2) is 0 Å².